The van der Waals surface area contributed by atoms with Gasteiger partial charge in [0.2, 0.25) is 5.91 Å². The third kappa shape index (κ3) is 8.38. The van der Waals surface area contributed by atoms with Gasteiger partial charge in [0.05, 0.1) is 6.54 Å². The first kappa shape index (κ1) is 13.8. The van der Waals surface area contributed by atoms with E-state index in [1.54, 1.807) is 0 Å². The molecule has 84 valence electrons. The summed E-state index contributed by atoms with van der Waals surface area (Å²) < 4.78 is 0. The van der Waals surface area contributed by atoms with E-state index in [0.717, 1.165) is 12.2 Å². The molecule has 0 rings (SSSR count). The summed E-state index contributed by atoms with van der Waals surface area (Å²) in [7, 11) is 0. The standard InChI is InChI=1S/C10H22N2OS/c1-8(2)11-7-10(13)12-9(3)5-6-14-4/h8-9,11H,5-7H2,1-4H3,(H,12,13). The van der Waals surface area contributed by atoms with Crippen molar-refractivity contribution in [2.75, 3.05) is 18.6 Å². The van der Waals surface area contributed by atoms with Crippen molar-refractivity contribution in [1.29, 1.82) is 0 Å². The summed E-state index contributed by atoms with van der Waals surface area (Å²) in [6.07, 6.45) is 3.11. The molecule has 0 aromatic rings. The maximum absolute atomic E-state index is 11.3. The lowest BCUT2D eigenvalue weighted by Crippen LogP contribution is -2.41. The van der Waals surface area contributed by atoms with E-state index in [2.05, 4.69) is 16.9 Å². The minimum atomic E-state index is 0.0901. The Kier molecular flexibility index (Phi) is 7.99. The van der Waals surface area contributed by atoms with Crippen LogP contribution in [-0.2, 0) is 4.79 Å². The minimum Gasteiger partial charge on any atom is -0.353 e. The predicted octanol–water partition coefficient (Wildman–Crippen LogP) is 1.24. The van der Waals surface area contributed by atoms with E-state index < -0.39 is 0 Å². The molecule has 0 saturated carbocycles. The van der Waals surface area contributed by atoms with Gasteiger partial charge in [0.25, 0.3) is 0 Å². The Labute approximate surface area is 91.4 Å². The third-order valence-electron chi connectivity index (χ3n) is 1.83. The summed E-state index contributed by atoms with van der Waals surface area (Å²) in [6, 6.07) is 0.645. The van der Waals surface area contributed by atoms with Crippen LogP contribution in [0.4, 0.5) is 0 Å². The number of thioether (sulfide) groups is 1. The van der Waals surface area contributed by atoms with Crippen LogP contribution >= 0.6 is 11.8 Å². The Morgan fingerprint density at radius 3 is 2.50 bits per heavy atom. The second-order valence-electron chi connectivity index (χ2n) is 3.79. The second-order valence-corrected chi connectivity index (χ2v) is 4.77. The summed E-state index contributed by atoms with van der Waals surface area (Å²) in [5.74, 6) is 1.19. The molecule has 0 heterocycles. The first-order valence-corrected chi connectivity index (χ1v) is 6.47. The van der Waals surface area contributed by atoms with Crippen LogP contribution < -0.4 is 10.6 Å². The molecule has 1 atom stereocenters. The molecule has 0 saturated heterocycles. The summed E-state index contributed by atoms with van der Waals surface area (Å²) in [5, 5.41) is 6.04. The Morgan fingerprint density at radius 2 is 2.00 bits per heavy atom. The van der Waals surface area contributed by atoms with Crippen molar-refractivity contribution in [2.45, 2.75) is 39.3 Å². The highest BCUT2D eigenvalue weighted by Crippen LogP contribution is 1.99. The largest absolute Gasteiger partial charge is 0.353 e. The second kappa shape index (κ2) is 8.12. The van der Waals surface area contributed by atoms with E-state index in [1.807, 2.05) is 32.5 Å². The number of carbonyl (C=O) groups is 1. The summed E-state index contributed by atoms with van der Waals surface area (Å²) in [6.45, 7) is 6.53. The summed E-state index contributed by atoms with van der Waals surface area (Å²) in [5.41, 5.74) is 0. The average Bonchev–Trinajstić information content (AvgIpc) is 2.11. The maximum atomic E-state index is 11.3. The average molecular weight is 218 g/mol. The fraction of sp³-hybridized carbons (Fsp3) is 0.900. The van der Waals surface area contributed by atoms with E-state index in [9.17, 15) is 4.79 Å². The van der Waals surface area contributed by atoms with Gasteiger partial charge in [0.15, 0.2) is 0 Å². The van der Waals surface area contributed by atoms with Gasteiger partial charge in [-0.1, -0.05) is 13.8 Å². The van der Waals surface area contributed by atoms with E-state index in [0.29, 0.717) is 12.6 Å². The van der Waals surface area contributed by atoms with Crippen LogP contribution in [0, 0.1) is 0 Å². The molecule has 0 aliphatic rings. The van der Waals surface area contributed by atoms with Crippen LogP contribution in [0.25, 0.3) is 0 Å². The van der Waals surface area contributed by atoms with Crippen LogP contribution in [0.5, 0.6) is 0 Å². The first-order valence-electron chi connectivity index (χ1n) is 5.08. The van der Waals surface area contributed by atoms with Gasteiger partial charge in [-0.15, -0.1) is 0 Å². The Hall–Kier alpha value is -0.220. The van der Waals surface area contributed by atoms with E-state index in [4.69, 9.17) is 0 Å². The normalized spacial score (nSPS) is 12.9. The molecule has 0 fully saturated rings. The molecule has 3 nitrogen and oxygen atoms in total. The smallest absolute Gasteiger partial charge is 0.234 e. The van der Waals surface area contributed by atoms with E-state index in [1.165, 1.54) is 0 Å². The van der Waals surface area contributed by atoms with Crippen LogP contribution in [0.15, 0.2) is 0 Å². The van der Waals surface area contributed by atoms with E-state index in [-0.39, 0.29) is 11.9 Å². The van der Waals surface area contributed by atoms with Crippen LogP contribution in [0.2, 0.25) is 0 Å². The van der Waals surface area contributed by atoms with Crippen LogP contribution in [-0.4, -0.2) is 36.5 Å². The zero-order valence-electron chi connectivity index (χ0n) is 9.59. The zero-order chi connectivity index (χ0) is 11.0. The Balaban J connectivity index is 3.50. The lowest BCUT2D eigenvalue weighted by molar-refractivity contribution is -0.120. The molecule has 14 heavy (non-hydrogen) atoms. The lowest BCUT2D eigenvalue weighted by Gasteiger charge is -2.14. The zero-order valence-corrected chi connectivity index (χ0v) is 10.4. The number of hydrogen-bond donors (Lipinski definition) is 2. The monoisotopic (exact) mass is 218 g/mol. The molecule has 1 unspecified atom stereocenters. The Morgan fingerprint density at radius 1 is 1.36 bits per heavy atom. The molecule has 0 bridgehead atoms. The fourth-order valence-electron chi connectivity index (χ4n) is 0.989. The quantitative estimate of drug-likeness (QED) is 0.675. The SMILES string of the molecule is CSCCC(C)NC(=O)CNC(C)C. The molecule has 0 radical (unpaired) electrons. The minimum absolute atomic E-state index is 0.0901. The summed E-state index contributed by atoms with van der Waals surface area (Å²) >= 11 is 1.81. The molecule has 0 spiro atoms. The Bertz CT molecular complexity index is 162. The highest BCUT2D eigenvalue weighted by Gasteiger charge is 2.06. The number of hydrogen-bond acceptors (Lipinski definition) is 3. The van der Waals surface area contributed by atoms with Crippen molar-refractivity contribution in [3.05, 3.63) is 0 Å². The summed E-state index contributed by atoms with van der Waals surface area (Å²) in [4.78, 5) is 11.3. The van der Waals surface area contributed by atoms with Crippen molar-refractivity contribution in [2.24, 2.45) is 0 Å². The first-order chi connectivity index (χ1) is 6.56. The molecule has 2 N–H and O–H groups in total. The number of amides is 1. The number of rotatable bonds is 7. The molecule has 0 aromatic heterocycles. The van der Waals surface area contributed by atoms with E-state index >= 15 is 0 Å². The van der Waals surface area contributed by atoms with Gasteiger partial charge in [-0.25, -0.2) is 0 Å². The van der Waals surface area contributed by atoms with Crippen LogP contribution in [0.1, 0.15) is 27.2 Å². The topological polar surface area (TPSA) is 41.1 Å². The molecule has 0 aromatic carbocycles. The van der Waals surface area contributed by atoms with Gasteiger partial charge in [-0.2, -0.15) is 11.8 Å². The molecule has 0 aliphatic heterocycles. The number of nitrogens with one attached hydrogen (secondary N) is 2. The highest BCUT2D eigenvalue weighted by molar-refractivity contribution is 7.98. The van der Waals surface area contributed by atoms with Gasteiger partial charge >= 0.3 is 0 Å². The van der Waals surface area contributed by atoms with Crippen LogP contribution in [0.3, 0.4) is 0 Å². The van der Waals surface area contributed by atoms with Crippen molar-refractivity contribution >= 4 is 17.7 Å². The molecule has 0 aliphatic carbocycles. The van der Waals surface area contributed by atoms with Gasteiger partial charge in [0, 0.05) is 12.1 Å². The van der Waals surface area contributed by atoms with Crippen molar-refractivity contribution in [1.82, 2.24) is 10.6 Å². The third-order valence-corrected chi connectivity index (χ3v) is 2.48. The van der Waals surface area contributed by atoms with Crippen molar-refractivity contribution in [3.8, 4) is 0 Å². The maximum Gasteiger partial charge on any atom is 0.234 e. The lowest BCUT2D eigenvalue weighted by atomic mass is 10.2. The predicted molar refractivity (Wildman–Crippen MR) is 63.7 cm³/mol. The molecular weight excluding hydrogens is 196 g/mol. The molecule has 4 heteroatoms. The van der Waals surface area contributed by atoms with Gasteiger partial charge in [-0.05, 0) is 25.4 Å². The van der Waals surface area contributed by atoms with Gasteiger partial charge in [-0.3, -0.25) is 4.79 Å². The molecule has 1 amide bonds. The molecular formula is C10H22N2OS. The number of carbonyl (C=O) groups excluding carboxylic acids is 1. The fourth-order valence-corrected chi connectivity index (χ4v) is 1.58. The van der Waals surface area contributed by atoms with Crippen molar-refractivity contribution < 1.29 is 4.79 Å². The highest BCUT2D eigenvalue weighted by atomic mass is 32.2. The van der Waals surface area contributed by atoms with Gasteiger partial charge in [0.1, 0.15) is 0 Å². The van der Waals surface area contributed by atoms with Crippen molar-refractivity contribution in [3.63, 3.8) is 0 Å². The van der Waals surface area contributed by atoms with Gasteiger partial charge < -0.3 is 10.6 Å².